The van der Waals surface area contributed by atoms with E-state index in [0.29, 0.717) is 37.9 Å². The molecule has 0 N–H and O–H groups in total. The summed E-state index contributed by atoms with van der Waals surface area (Å²) in [6, 6.07) is 8.41. The average Bonchev–Trinajstić information content (AvgIpc) is 3.28. The van der Waals surface area contributed by atoms with Crippen LogP contribution in [0.1, 0.15) is 264 Å². The minimum Gasteiger partial charge on any atom is -0.497 e. The first-order valence-corrected chi connectivity index (χ1v) is 27.1. The van der Waals surface area contributed by atoms with E-state index >= 15 is 0 Å². The Morgan fingerprint density at radius 1 is 0.435 bits per heavy atom. The molecule has 0 aliphatic heterocycles. The van der Waals surface area contributed by atoms with E-state index in [0.717, 1.165) is 63.9 Å². The van der Waals surface area contributed by atoms with Crippen molar-refractivity contribution in [3.63, 3.8) is 0 Å². The minimum atomic E-state index is -0.0133. The van der Waals surface area contributed by atoms with E-state index in [1.807, 2.05) is 12.1 Å². The molecule has 1 rings (SSSR count). The van der Waals surface area contributed by atoms with Crippen LogP contribution in [0.4, 0.5) is 0 Å². The lowest BCUT2D eigenvalue weighted by atomic mass is 9.94. The predicted molar refractivity (Wildman–Crippen MR) is 266 cm³/mol. The van der Waals surface area contributed by atoms with Crippen molar-refractivity contribution in [2.24, 2.45) is 11.8 Å². The summed E-state index contributed by atoms with van der Waals surface area (Å²) < 4.78 is 17.2. The van der Waals surface area contributed by atoms with Crippen LogP contribution in [0.25, 0.3) is 0 Å². The molecule has 0 fully saturated rings. The van der Waals surface area contributed by atoms with E-state index in [1.54, 1.807) is 7.11 Å². The first-order chi connectivity index (χ1) is 30.4. The number of nitrogens with zero attached hydrogens (tertiary/aromatic N) is 1. The second-order valence-corrected chi connectivity index (χ2v) is 19.1. The van der Waals surface area contributed by atoms with Gasteiger partial charge in [-0.2, -0.15) is 0 Å². The van der Waals surface area contributed by atoms with Crippen LogP contribution in [0.2, 0.25) is 0 Å². The second kappa shape index (κ2) is 44.1. The van der Waals surface area contributed by atoms with Crippen LogP contribution in [0.3, 0.4) is 0 Å². The van der Waals surface area contributed by atoms with Gasteiger partial charge in [0.1, 0.15) is 5.75 Å². The molecule has 0 unspecified atom stereocenters. The van der Waals surface area contributed by atoms with Gasteiger partial charge in [-0.15, -0.1) is 0 Å². The Bertz CT molecular complexity index is 1010. The number of esters is 2. The highest BCUT2D eigenvalue weighted by atomic mass is 16.5. The maximum Gasteiger partial charge on any atom is 0.305 e. The molecule has 0 saturated carbocycles. The number of carbonyl (C=O) groups is 2. The van der Waals surface area contributed by atoms with E-state index < -0.39 is 0 Å². The highest BCUT2D eigenvalue weighted by Gasteiger charge is 2.15. The highest BCUT2D eigenvalue weighted by molar-refractivity contribution is 5.69. The number of carbonyl (C=O) groups excluding carboxylic acids is 2. The number of ether oxygens (including phenoxy) is 3. The van der Waals surface area contributed by atoms with Crippen LogP contribution in [0.5, 0.6) is 5.75 Å². The molecule has 0 bridgehead atoms. The molecule has 0 radical (unpaired) electrons. The number of hydrogen-bond acceptors (Lipinski definition) is 6. The summed E-state index contributed by atoms with van der Waals surface area (Å²) in [6.07, 6.45) is 43.4. The summed E-state index contributed by atoms with van der Waals surface area (Å²) in [5.41, 5.74) is 1.28. The Hall–Kier alpha value is -2.08. The molecule has 1 aromatic carbocycles. The molecule has 6 nitrogen and oxygen atoms in total. The van der Waals surface area contributed by atoms with Gasteiger partial charge in [0, 0.05) is 19.4 Å². The number of rotatable bonds is 47. The molecule has 0 atom stereocenters. The van der Waals surface area contributed by atoms with E-state index in [9.17, 15) is 9.59 Å². The molecule has 0 saturated heterocycles. The third-order valence-electron chi connectivity index (χ3n) is 13.1. The van der Waals surface area contributed by atoms with Gasteiger partial charge in [-0.3, -0.25) is 14.5 Å². The molecule has 62 heavy (non-hydrogen) atoms. The van der Waals surface area contributed by atoms with Crippen molar-refractivity contribution >= 4 is 11.9 Å². The second-order valence-electron chi connectivity index (χ2n) is 19.1. The Morgan fingerprint density at radius 2 is 0.758 bits per heavy atom. The molecule has 0 spiro atoms. The molecule has 0 amide bonds. The fourth-order valence-electron chi connectivity index (χ4n) is 8.86. The summed E-state index contributed by atoms with van der Waals surface area (Å²) >= 11 is 0. The van der Waals surface area contributed by atoms with Crippen molar-refractivity contribution in [2.45, 2.75) is 265 Å². The molecule has 0 aliphatic rings. The largest absolute Gasteiger partial charge is 0.497 e. The standard InChI is InChI=1S/C56H103NO5/c1-6-10-14-18-22-28-36-52(37-29-23-19-15-11-7-2)49-61-55(58)40-32-26-34-46-57(48-51-42-44-54(60-5)45-43-51)47-35-27-33-41-56(59)62-50-53(38-30-24-20-16-12-8-3)39-31-25-21-17-13-9-4/h42-45,52-53H,6-41,46-50H2,1-5H3. The molecule has 1 aromatic rings. The van der Waals surface area contributed by atoms with Gasteiger partial charge in [0.25, 0.3) is 0 Å². The zero-order valence-electron chi connectivity index (χ0n) is 41.9. The van der Waals surface area contributed by atoms with Crippen molar-refractivity contribution in [1.29, 1.82) is 0 Å². The normalized spacial score (nSPS) is 11.6. The molecule has 0 heterocycles. The summed E-state index contributed by atoms with van der Waals surface area (Å²) in [5.74, 6) is 1.88. The Morgan fingerprint density at radius 3 is 1.10 bits per heavy atom. The fraction of sp³-hybridized carbons (Fsp3) is 0.857. The summed E-state index contributed by atoms with van der Waals surface area (Å²) in [4.78, 5) is 28.2. The molecule has 6 heteroatoms. The van der Waals surface area contributed by atoms with Gasteiger partial charge in [0.15, 0.2) is 0 Å². The Labute approximate surface area is 385 Å². The first kappa shape index (κ1) is 57.9. The maximum absolute atomic E-state index is 12.8. The van der Waals surface area contributed by atoms with E-state index in [-0.39, 0.29) is 11.9 Å². The lowest BCUT2D eigenvalue weighted by Crippen LogP contribution is -2.25. The van der Waals surface area contributed by atoms with E-state index in [1.165, 1.54) is 185 Å². The lowest BCUT2D eigenvalue weighted by molar-refractivity contribution is -0.146. The van der Waals surface area contributed by atoms with Gasteiger partial charge in [-0.05, 0) is 94.0 Å². The van der Waals surface area contributed by atoms with Crippen molar-refractivity contribution in [3.8, 4) is 5.75 Å². The van der Waals surface area contributed by atoms with Gasteiger partial charge in [-0.1, -0.05) is 207 Å². The first-order valence-electron chi connectivity index (χ1n) is 27.1. The van der Waals surface area contributed by atoms with E-state index in [2.05, 4.69) is 44.7 Å². The van der Waals surface area contributed by atoms with Crippen LogP contribution in [0.15, 0.2) is 24.3 Å². The minimum absolute atomic E-state index is 0.0133. The number of methoxy groups -OCH3 is 1. The smallest absolute Gasteiger partial charge is 0.305 e. The zero-order chi connectivity index (χ0) is 45.0. The Balaban J connectivity index is 2.50. The third kappa shape index (κ3) is 36.3. The van der Waals surface area contributed by atoms with Crippen LogP contribution in [-0.2, 0) is 25.6 Å². The van der Waals surface area contributed by atoms with Gasteiger partial charge in [-0.25, -0.2) is 0 Å². The highest BCUT2D eigenvalue weighted by Crippen LogP contribution is 2.22. The molecule has 362 valence electrons. The van der Waals surface area contributed by atoms with Crippen LogP contribution in [-0.4, -0.2) is 50.3 Å². The van der Waals surface area contributed by atoms with Crippen LogP contribution >= 0.6 is 0 Å². The van der Waals surface area contributed by atoms with Crippen molar-refractivity contribution in [1.82, 2.24) is 4.90 Å². The molecular weight excluding hydrogens is 767 g/mol. The lowest BCUT2D eigenvalue weighted by Gasteiger charge is -2.23. The van der Waals surface area contributed by atoms with E-state index in [4.69, 9.17) is 14.2 Å². The van der Waals surface area contributed by atoms with Crippen molar-refractivity contribution in [3.05, 3.63) is 29.8 Å². The molecular formula is C56H103NO5. The summed E-state index contributed by atoms with van der Waals surface area (Å²) in [6.45, 7) is 13.2. The fourth-order valence-corrected chi connectivity index (χ4v) is 8.86. The molecule has 0 aromatic heterocycles. The van der Waals surface area contributed by atoms with Crippen molar-refractivity contribution in [2.75, 3.05) is 33.4 Å². The van der Waals surface area contributed by atoms with Crippen LogP contribution < -0.4 is 4.74 Å². The third-order valence-corrected chi connectivity index (χ3v) is 13.1. The number of benzene rings is 1. The van der Waals surface area contributed by atoms with Gasteiger partial charge in [0.05, 0.1) is 20.3 Å². The van der Waals surface area contributed by atoms with Gasteiger partial charge in [0.2, 0.25) is 0 Å². The topological polar surface area (TPSA) is 65.1 Å². The molecule has 0 aliphatic carbocycles. The predicted octanol–water partition coefficient (Wildman–Crippen LogP) is 16.9. The number of unbranched alkanes of at least 4 members (excludes halogenated alkanes) is 24. The number of hydrogen-bond donors (Lipinski definition) is 0. The monoisotopic (exact) mass is 870 g/mol. The quantitative estimate of drug-likeness (QED) is 0.0480. The maximum atomic E-state index is 12.8. The van der Waals surface area contributed by atoms with Gasteiger partial charge < -0.3 is 14.2 Å². The van der Waals surface area contributed by atoms with Crippen LogP contribution in [0, 0.1) is 11.8 Å². The summed E-state index contributed by atoms with van der Waals surface area (Å²) in [5, 5.41) is 0. The zero-order valence-corrected chi connectivity index (χ0v) is 41.9. The SMILES string of the molecule is CCCCCCCCC(CCCCCCCC)COC(=O)CCCCCN(CCCCCC(=O)OCC(CCCCCCCC)CCCCCCCC)Cc1ccc(OC)cc1. The summed E-state index contributed by atoms with van der Waals surface area (Å²) in [7, 11) is 1.71. The Kier molecular flexibility index (Phi) is 41.2. The average molecular weight is 870 g/mol. The van der Waals surface area contributed by atoms with Crippen molar-refractivity contribution < 1.29 is 23.8 Å². The van der Waals surface area contributed by atoms with Gasteiger partial charge >= 0.3 is 11.9 Å².